The lowest BCUT2D eigenvalue weighted by molar-refractivity contribution is -0.144. The number of carbonyl (C=O) groups excluding carboxylic acids is 2. The van der Waals surface area contributed by atoms with E-state index in [1.807, 2.05) is 13.8 Å². The van der Waals surface area contributed by atoms with Crippen LogP contribution in [0.4, 0.5) is 4.79 Å². The first-order valence-corrected chi connectivity index (χ1v) is 7.20. The summed E-state index contributed by atoms with van der Waals surface area (Å²) in [6.45, 7) is 5.91. The van der Waals surface area contributed by atoms with Gasteiger partial charge in [0.25, 0.3) is 0 Å². The number of carbonyl (C=O) groups is 3. The van der Waals surface area contributed by atoms with Crippen LogP contribution in [0.3, 0.4) is 0 Å². The molecule has 0 aromatic rings. The summed E-state index contributed by atoms with van der Waals surface area (Å²) in [6.07, 6.45) is 1.59. The molecule has 1 saturated carbocycles. The number of likely N-dealkylation sites (N-methyl/N-ethyl adjacent to an activating group) is 1. The number of aliphatic carboxylic acids is 1. The molecule has 0 bridgehead atoms. The van der Waals surface area contributed by atoms with Crippen molar-refractivity contribution in [2.45, 2.75) is 39.2 Å². The third-order valence-corrected chi connectivity index (χ3v) is 3.64. The molecular formula is C14H25N3O4. The highest BCUT2D eigenvalue weighted by atomic mass is 16.4. The van der Waals surface area contributed by atoms with Gasteiger partial charge in [-0.05, 0) is 31.6 Å². The van der Waals surface area contributed by atoms with Gasteiger partial charge in [0.1, 0.15) is 12.1 Å². The first kappa shape index (κ1) is 17.3. The predicted molar refractivity (Wildman–Crippen MR) is 77.8 cm³/mol. The standard InChI is InChI=1S/C14H25N3O4/c1-9(2)7-15-11(18)8-17(4)13(21)16-14(3,12(19)20)10-5-6-10/h9-10H,5-8H2,1-4H3,(H,15,18)(H,16,21)(H,19,20). The number of carboxylic acids is 1. The Balaban J connectivity index is 2.50. The Morgan fingerprint density at radius 2 is 1.90 bits per heavy atom. The summed E-state index contributed by atoms with van der Waals surface area (Å²) in [5.41, 5.74) is -1.26. The SMILES string of the molecule is CC(C)CNC(=O)CN(C)C(=O)NC(C)(C(=O)O)C1CC1. The van der Waals surface area contributed by atoms with Gasteiger partial charge < -0.3 is 20.6 Å². The van der Waals surface area contributed by atoms with E-state index in [1.165, 1.54) is 18.9 Å². The fourth-order valence-electron chi connectivity index (χ4n) is 1.97. The molecule has 0 aliphatic heterocycles. The lowest BCUT2D eigenvalue weighted by Gasteiger charge is -2.29. The largest absolute Gasteiger partial charge is 0.480 e. The maximum absolute atomic E-state index is 12.0. The molecule has 1 aliphatic carbocycles. The quantitative estimate of drug-likeness (QED) is 0.643. The highest BCUT2D eigenvalue weighted by Crippen LogP contribution is 2.39. The smallest absolute Gasteiger partial charge is 0.329 e. The zero-order valence-electron chi connectivity index (χ0n) is 13.1. The van der Waals surface area contributed by atoms with E-state index in [9.17, 15) is 19.5 Å². The van der Waals surface area contributed by atoms with Gasteiger partial charge in [0.15, 0.2) is 0 Å². The maximum Gasteiger partial charge on any atom is 0.329 e. The van der Waals surface area contributed by atoms with Crippen molar-refractivity contribution in [3.05, 3.63) is 0 Å². The fraction of sp³-hybridized carbons (Fsp3) is 0.786. The maximum atomic E-state index is 12.0. The normalized spacial score (nSPS) is 17.0. The molecule has 1 aliphatic rings. The third-order valence-electron chi connectivity index (χ3n) is 3.64. The average molecular weight is 299 g/mol. The van der Waals surface area contributed by atoms with Crippen LogP contribution >= 0.6 is 0 Å². The number of amides is 3. The summed E-state index contributed by atoms with van der Waals surface area (Å²) in [7, 11) is 1.47. The van der Waals surface area contributed by atoms with Crippen molar-refractivity contribution in [2.24, 2.45) is 11.8 Å². The number of nitrogens with one attached hydrogen (secondary N) is 2. The fourth-order valence-corrected chi connectivity index (χ4v) is 1.97. The van der Waals surface area contributed by atoms with E-state index in [0.717, 1.165) is 12.8 Å². The Bertz CT molecular complexity index is 420. The van der Waals surface area contributed by atoms with Crippen molar-refractivity contribution in [2.75, 3.05) is 20.1 Å². The molecule has 0 aromatic heterocycles. The predicted octanol–water partition coefficient (Wildman–Crippen LogP) is 0.653. The van der Waals surface area contributed by atoms with Crippen LogP contribution in [0.1, 0.15) is 33.6 Å². The van der Waals surface area contributed by atoms with E-state index in [4.69, 9.17) is 0 Å². The molecule has 0 spiro atoms. The molecule has 1 rings (SSSR count). The van der Waals surface area contributed by atoms with Crippen LogP contribution in [-0.2, 0) is 9.59 Å². The Kier molecular flexibility index (Phi) is 5.57. The molecule has 120 valence electrons. The number of carboxylic acid groups (broad SMARTS) is 1. The summed E-state index contributed by atoms with van der Waals surface area (Å²) < 4.78 is 0. The van der Waals surface area contributed by atoms with Gasteiger partial charge in [-0.3, -0.25) is 4.79 Å². The van der Waals surface area contributed by atoms with E-state index in [2.05, 4.69) is 10.6 Å². The zero-order chi connectivity index (χ0) is 16.2. The molecule has 7 nitrogen and oxygen atoms in total. The van der Waals surface area contributed by atoms with Crippen molar-refractivity contribution >= 4 is 17.9 Å². The van der Waals surface area contributed by atoms with Crippen molar-refractivity contribution in [1.29, 1.82) is 0 Å². The topological polar surface area (TPSA) is 98.7 Å². The average Bonchev–Trinajstić information content (AvgIpc) is 3.20. The molecular weight excluding hydrogens is 274 g/mol. The Morgan fingerprint density at radius 1 is 1.33 bits per heavy atom. The van der Waals surface area contributed by atoms with Gasteiger partial charge in [-0.2, -0.15) is 0 Å². The Labute approximate surface area is 125 Å². The van der Waals surface area contributed by atoms with Gasteiger partial charge in [-0.25, -0.2) is 9.59 Å². The zero-order valence-corrected chi connectivity index (χ0v) is 13.1. The molecule has 0 heterocycles. The van der Waals surface area contributed by atoms with Crippen LogP contribution in [0.15, 0.2) is 0 Å². The molecule has 0 saturated heterocycles. The minimum atomic E-state index is -1.26. The second-order valence-corrected chi connectivity index (χ2v) is 6.27. The first-order chi connectivity index (χ1) is 9.66. The van der Waals surface area contributed by atoms with Crippen molar-refractivity contribution in [3.8, 4) is 0 Å². The van der Waals surface area contributed by atoms with Crippen LogP contribution in [0.2, 0.25) is 0 Å². The van der Waals surface area contributed by atoms with Gasteiger partial charge >= 0.3 is 12.0 Å². The van der Waals surface area contributed by atoms with Gasteiger partial charge in [0.2, 0.25) is 5.91 Å². The van der Waals surface area contributed by atoms with Crippen molar-refractivity contribution < 1.29 is 19.5 Å². The van der Waals surface area contributed by atoms with Crippen LogP contribution < -0.4 is 10.6 Å². The molecule has 21 heavy (non-hydrogen) atoms. The van der Waals surface area contributed by atoms with Crippen LogP contribution in [-0.4, -0.2) is 53.6 Å². The van der Waals surface area contributed by atoms with Gasteiger partial charge in [0.05, 0.1) is 0 Å². The van der Waals surface area contributed by atoms with Gasteiger partial charge in [0, 0.05) is 13.6 Å². The Morgan fingerprint density at radius 3 is 2.33 bits per heavy atom. The third kappa shape index (κ3) is 4.91. The first-order valence-electron chi connectivity index (χ1n) is 7.20. The molecule has 3 N–H and O–H groups in total. The van der Waals surface area contributed by atoms with E-state index in [-0.39, 0.29) is 18.4 Å². The van der Waals surface area contributed by atoms with Crippen LogP contribution in [0.25, 0.3) is 0 Å². The molecule has 1 fully saturated rings. The van der Waals surface area contributed by atoms with Crippen molar-refractivity contribution in [3.63, 3.8) is 0 Å². The second kappa shape index (κ2) is 6.78. The van der Waals surface area contributed by atoms with Crippen LogP contribution in [0.5, 0.6) is 0 Å². The Hall–Kier alpha value is -1.79. The summed E-state index contributed by atoms with van der Waals surface area (Å²) in [5.74, 6) is -1.01. The van der Waals surface area contributed by atoms with Crippen LogP contribution in [0, 0.1) is 11.8 Å². The minimum absolute atomic E-state index is 0.0397. The van der Waals surface area contributed by atoms with E-state index in [1.54, 1.807) is 0 Å². The summed E-state index contributed by atoms with van der Waals surface area (Å²) >= 11 is 0. The lowest BCUT2D eigenvalue weighted by atomic mass is 9.96. The number of hydrogen-bond acceptors (Lipinski definition) is 3. The number of hydrogen-bond donors (Lipinski definition) is 3. The molecule has 1 unspecified atom stereocenters. The van der Waals surface area contributed by atoms with E-state index >= 15 is 0 Å². The van der Waals surface area contributed by atoms with Gasteiger partial charge in [-0.15, -0.1) is 0 Å². The molecule has 7 heteroatoms. The molecule has 3 amide bonds. The lowest BCUT2D eigenvalue weighted by Crippen LogP contribution is -2.57. The second-order valence-electron chi connectivity index (χ2n) is 6.27. The van der Waals surface area contributed by atoms with E-state index in [0.29, 0.717) is 12.5 Å². The highest BCUT2D eigenvalue weighted by Gasteiger charge is 2.49. The number of rotatable bonds is 7. The summed E-state index contributed by atoms with van der Waals surface area (Å²) in [5, 5.41) is 14.5. The summed E-state index contributed by atoms with van der Waals surface area (Å²) in [4.78, 5) is 36.2. The van der Waals surface area contributed by atoms with Gasteiger partial charge in [-0.1, -0.05) is 13.8 Å². The number of urea groups is 1. The molecule has 0 radical (unpaired) electrons. The summed E-state index contributed by atoms with van der Waals surface area (Å²) in [6, 6.07) is -0.550. The van der Waals surface area contributed by atoms with Crippen molar-refractivity contribution in [1.82, 2.24) is 15.5 Å². The minimum Gasteiger partial charge on any atom is -0.480 e. The molecule has 1 atom stereocenters. The highest BCUT2D eigenvalue weighted by molar-refractivity contribution is 5.88. The molecule has 0 aromatic carbocycles. The number of nitrogens with zero attached hydrogens (tertiary/aromatic N) is 1. The van der Waals surface area contributed by atoms with E-state index < -0.39 is 17.5 Å². The monoisotopic (exact) mass is 299 g/mol.